The number of fused-ring (bicyclic) bond motifs is 2. The van der Waals surface area contributed by atoms with Crippen molar-refractivity contribution in [2.75, 3.05) is 48.9 Å². The van der Waals surface area contributed by atoms with E-state index in [0.717, 1.165) is 18.8 Å². The van der Waals surface area contributed by atoms with E-state index in [2.05, 4.69) is 25.6 Å². The molecular formula is C38H46Cl2N6O11. The Morgan fingerprint density at radius 3 is 2.40 bits per heavy atom. The van der Waals surface area contributed by atoms with Crippen LogP contribution >= 0.6 is 23.2 Å². The molecule has 17 nitrogen and oxygen atoms in total. The van der Waals surface area contributed by atoms with Crippen molar-refractivity contribution in [3.8, 4) is 0 Å². The second kappa shape index (κ2) is 16.2. The largest absolute Gasteiger partial charge is 0.479 e. The van der Waals surface area contributed by atoms with E-state index in [1.165, 1.54) is 55.1 Å². The highest BCUT2D eigenvalue weighted by atomic mass is 35.5. The van der Waals surface area contributed by atoms with Crippen molar-refractivity contribution in [1.82, 2.24) is 20.1 Å². The van der Waals surface area contributed by atoms with E-state index >= 15 is 0 Å². The van der Waals surface area contributed by atoms with E-state index < -0.39 is 72.4 Å². The fourth-order valence-electron chi connectivity index (χ4n) is 8.51. The number of aromatic nitrogens is 3. The minimum Gasteiger partial charge on any atom is -0.479 e. The van der Waals surface area contributed by atoms with E-state index in [9.17, 15) is 29.4 Å². The third-order valence-corrected chi connectivity index (χ3v) is 11.7. The van der Waals surface area contributed by atoms with Crippen LogP contribution in [0.15, 0.2) is 36.5 Å². The molecule has 1 spiro atoms. The number of halogens is 2. The van der Waals surface area contributed by atoms with Crippen molar-refractivity contribution in [1.29, 1.82) is 0 Å². The van der Waals surface area contributed by atoms with Gasteiger partial charge in [0.2, 0.25) is 0 Å². The van der Waals surface area contributed by atoms with E-state index in [1.807, 2.05) is 6.07 Å². The Balaban J connectivity index is 1.18. The monoisotopic (exact) mass is 832 g/mol. The van der Waals surface area contributed by atoms with Crippen LogP contribution in [0.25, 0.3) is 11.0 Å². The predicted molar refractivity (Wildman–Crippen MR) is 205 cm³/mol. The van der Waals surface area contributed by atoms with Crippen molar-refractivity contribution in [2.24, 2.45) is 11.8 Å². The molecule has 2 aromatic heterocycles. The molecule has 4 N–H and O–H groups in total. The fourth-order valence-corrected chi connectivity index (χ4v) is 8.83. The molecule has 7 rings (SSSR count). The Labute approximate surface area is 338 Å². The second-order valence-corrected chi connectivity index (χ2v) is 16.2. The van der Waals surface area contributed by atoms with Gasteiger partial charge in [-0.3, -0.25) is 4.79 Å². The van der Waals surface area contributed by atoms with Crippen molar-refractivity contribution >= 4 is 69.5 Å². The zero-order valence-electron chi connectivity index (χ0n) is 31.7. The first-order chi connectivity index (χ1) is 27.1. The molecule has 3 aromatic rings. The van der Waals surface area contributed by atoms with Crippen LogP contribution in [0.2, 0.25) is 5.15 Å². The number of amides is 2. The van der Waals surface area contributed by atoms with Gasteiger partial charge in [0.15, 0.2) is 29.4 Å². The van der Waals surface area contributed by atoms with Crippen LogP contribution in [0.4, 0.5) is 16.2 Å². The number of aliphatic carboxylic acids is 2. The van der Waals surface area contributed by atoms with Crippen LogP contribution in [0.5, 0.6) is 0 Å². The highest BCUT2D eigenvalue weighted by Gasteiger charge is 2.67. The number of urea groups is 1. The Bertz CT molecular complexity index is 1990. The molecule has 308 valence electrons. The number of carboxylic acids is 2. The first-order valence-corrected chi connectivity index (χ1v) is 19.8. The number of carbonyl (C=O) groups excluding carboxylic acids is 2. The molecule has 2 amide bonds. The summed E-state index contributed by atoms with van der Waals surface area (Å²) in [7, 11) is 0. The van der Waals surface area contributed by atoms with Gasteiger partial charge in [-0.25, -0.2) is 24.0 Å². The third-order valence-electron chi connectivity index (χ3n) is 11.2. The first kappa shape index (κ1) is 40.9. The lowest BCUT2D eigenvalue weighted by atomic mass is 9.91. The van der Waals surface area contributed by atoms with Gasteiger partial charge in [-0.1, -0.05) is 30.2 Å². The topological polar surface area (TPSA) is 213 Å². The lowest BCUT2D eigenvalue weighted by molar-refractivity contribution is -0.209. The molecule has 5 heterocycles. The average Bonchev–Trinajstić information content (AvgIpc) is 3.97. The standard InChI is InChI=1S/C38H46Cl2N6O11/c1-21(47)55-30-32(46-31-26(16-42-46)27(14-29(40)44-31)45-17-23-6-4-7-24(23)18-45)56-28(38(30)20-54-36(2,3)57-38)19-53-37(33(48)49,34(50)51)15-22-8-10-25(11-9-22)43-35(52)41-13-5-12-39/h8-11,14,16,23-24,28,30,32H,4-7,12-13,15,17-20H2,1-3H3,(H,48,49)(H,50,51)(H2,41,43,52)/t23-,24+,28-,30+,32-,38?/m1/s1. The van der Waals surface area contributed by atoms with Gasteiger partial charge in [-0.15, -0.1) is 11.6 Å². The zero-order chi connectivity index (χ0) is 40.7. The van der Waals surface area contributed by atoms with Crippen LogP contribution in [0.1, 0.15) is 58.2 Å². The number of nitrogens with one attached hydrogen (secondary N) is 2. The second-order valence-electron chi connectivity index (χ2n) is 15.5. The van der Waals surface area contributed by atoms with E-state index in [-0.39, 0.29) is 17.3 Å². The van der Waals surface area contributed by atoms with Gasteiger partial charge in [0, 0.05) is 44.5 Å². The van der Waals surface area contributed by atoms with Gasteiger partial charge in [-0.2, -0.15) is 5.10 Å². The molecule has 19 heteroatoms. The number of alkyl halides is 1. The molecule has 4 fully saturated rings. The fraction of sp³-hybridized carbons (Fsp3) is 0.579. The van der Waals surface area contributed by atoms with Crippen LogP contribution < -0.4 is 15.5 Å². The van der Waals surface area contributed by atoms with E-state index in [1.54, 1.807) is 20.0 Å². The maximum atomic E-state index is 12.9. The summed E-state index contributed by atoms with van der Waals surface area (Å²) < 4.78 is 32.4. The average molecular weight is 834 g/mol. The lowest BCUT2D eigenvalue weighted by Gasteiger charge is -2.34. The minimum atomic E-state index is -2.81. The molecule has 6 atom stereocenters. The van der Waals surface area contributed by atoms with Crippen LogP contribution in [0.3, 0.4) is 0 Å². The number of nitrogens with zero attached hydrogens (tertiary/aromatic N) is 4. The smallest absolute Gasteiger partial charge is 0.348 e. The molecular weight excluding hydrogens is 787 g/mol. The van der Waals surface area contributed by atoms with E-state index in [0.29, 0.717) is 47.4 Å². The Hall–Kier alpha value is -4.26. The molecule has 1 aromatic carbocycles. The first-order valence-electron chi connectivity index (χ1n) is 18.9. The number of anilines is 2. The summed E-state index contributed by atoms with van der Waals surface area (Å²) in [6.45, 7) is 5.82. The SMILES string of the molecule is CC(=O)O[C@H]1[C@H](n2ncc3c(N4C[C@H]5CCC[C@H]5C4)cc(Cl)nc32)O[C@H](COC(Cc2ccc(NC(=O)NCCCCl)cc2)(C(=O)O)C(=O)O)C12COC(C)(C)O2. The maximum absolute atomic E-state index is 12.9. The molecule has 4 aliphatic rings. The number of carboxylic acid groups (broad SMARTS) is 2. The number of ether oxygens (including phenoxy) is 5. The van der Waals surface area contributed by atoms with Gasteiger partial charge < -0.3 is 49.4 Å². The predicted octanol–water partition coefficient (Wildman–Crippen LogP) is 4.59. The number of hydrogen-bond donors (Lipinski definition) is 4. The molecule has 1 aliphatic carbocycles. The van der Waals surface area contributed by atoms with Crippen molar-refractivity contribution in [2.45, 2.75) is 88.3 Å². The summed E-state index contributed by atoms with van der Waals surface area (Å²) in [5, 5.41) is 31.8. The van der Waals surface area contributed by atoms with Crippen LogP contribution in [-0.4, -0.2) is 117 Å². The summed E-state index contributed by atoms with van der Waals surface area (Å²) in [5.74, 6) is -3.85. The molecule has 57 heavy (non-hydrogen) atoms. The Morgan fingerprint density at radius 2 is 1.79 bits per heavy atom. The summed E-state index contributed by atoms with van der Waals surface area (Å²) in [6.07, 6.45) is 1.49. The van der Waals surface area contributed by atoms with Crippen LogP contribution in [-0.2, 0) is 44.5 Å². The number of pyridine rings is 1. The summed E-state index contributed by atoms with van der Waals surface area (Å²) >= 11 is 12.3. The van der Waals surface area contributed by atoms with E-state index in [4.69, 9.17) is 46.9 Å². The van der Waals surface area contributed by atoms with Crippen molar-refractivity contribution in [3.05, 3.63) is 47.2 Å². The zero-order valence-corrected chi connectivity index (χ0v) is 33.3. The highest BCUT2D eigenvalue weighted by Crippen LogP contribution is 2.50. The lowest BCUT2D eigenvalue weighted by Crippen LogP contribution is -2.57. The number of carbonyl (C=O) groups is 4. The van der Waals surface area contributed by atoms with Crippen molar-refractivity contribution < 1.29 is 53.1 Å². The molecule has 0 bridgehead atoms. The van der Waals surface area contributed by atoms with Crippen LogP contribution in [0, 0.1) is 11.8 Å². The Morgan fingerprint density at radius 1 is 1.09 bits per heavy atom. The highest BCUT2D eigenvalue weighted by molar-refractivity contribution is 6.30. The van der Waals surface area contributed by atoms with Gasteiger partial charge in [0.05, 0.1) is 30.5 Å². The number of benzene rings is 1. The quantitative estimate of drug-likeness (QED) is 0.0576. The number of esters is 1. The summed E-state index contributed by atoms with van der Waals surface area (Å²) in [4.78, 5) is 57.6. The minimum absolute atomic E-state index is 0.196. The normalized spacial score (nSPS) is 26.5. The number of hydrogen-bond acceptors (Lipinski definition) is 12. The third kappa shape index (κ3) is 8.10. The molecule has 1 saturated carbocycles. The Kier molecular flexibility index (Phi) is 11.6. The molecule has 1 unspecified atom stereocenters. The summed E-state index contributed by atoms with van der Waals surface area (Å²) in [6, 6.07) is 7.34. The molecule has 3 aliphatic heterocycles. The van der Waals surface area contributed by atoms with Gasteiger partial charge in [-0.05, 0) is 68.7 Å². The van der Waals surface area contributed by atoms with Crippen molar-refractivity contribution in [3.63, 3.8) is 0 Å². The van der Waals surface area contributed by atoms with Gasteiger partial charge >= 0.3 is 23.9 Å². The summed E-state index contributed by atoms with van der Waals surface area (Å²) in [5.41, 5.74) is -2.53. The number of rotatable bonds is 14. The maximum Gasteiger partial charge on any atom is 0.348 e. The van der Waals surface area contributed by atoms with Gasteiger partial charge in [0.1, 0.15) is 11.3 Å². The molecule has 3 saturated heterocycles. The van der Waals surface area contributed by atoms with Gasteiger partial charge in [0.25, 0.3) is 5.60 Å². The molecule has 0 radical (unpaired) electrons.